The van der Waals surface area contributed by atoms with Crippen molar-refractivity contribution in [1.82, 2.24) is 15.1 Å². The number of nitrogens with zero attached hydrogens (tertiary/aromatic N) is 2. The van der Waals surface area contributed by atoms with E-state index in [1.54, 1.807) is 13.0 Å². The van der Waals surface area contributed by atoms with Crippen molar-refractivity contribution in [3.8, 4) is 11.3 Å². The van der Waals surface area contributed by atoms with Gasteiger partial charge in [0.25, 0.3) is 0 Å². The summed E-state index contributed by atoms with van der Waals surface area (Å²) in [5.74, 6) is -0.897. The predicted octanol–water partition coefficient (Wildman–Crippen LogP) is 3.88. The smallest absolute Gasteiger partial charge is 0.356 e. The van der Waals surface area contributed by atoms with Crippen LogP contribution in [0.1, 0.15) is 29.9 Å². The van der Waals surface area contributed by atoms with Crippen molar-refractivity contribution in [3.05, 3.63) is 76.4 Å². The molecule has 0 aliphatic carbocycles. The summed E-state index contributed by atoms with van der Waals surface area (Å²) in [6.45, 7) is 3.98. The van der Waals surface area contributed by atoms with E-state index in [9.17, 15) is 9.59 Å². The molecule has 0 bridgehead atoms. The first kappa shape index (κ1) is 21.3. The molecule has 1 aliphatic heterocycles. The lowest BCUT2D eigenvalue weighted by Crippen LogP contribution is -2.29. The Morgan fingerprint density at radius 1 is 1.13 bits per heavy atom. The molecule has 3 aromatic rings. The van der Waals surface area contributed by atoms with Crippen LogP contribution in [0, 0.1) is 0 Å². The van der Waals surface area contributed by atoms with Gasteiger partial charge in [-0.2, -0.15) is 5.10 Å². The summed E-state index contributed by atoms with van der Waals surface area (Å²) in [5.41, 5.74) is 1.75. The summed E-state index contributed by atoms with van der Waals surface area (Å²) in [6, 6.07) is 18.1. The lowest BCUT2D eigenvalue weighted by molar-refractivity contribution is -0.145. The molecule has 4 rings (SSSR count). The molecule has 0 spiro atoms. The van der Waals surface area contributed by atoms with Gasteiger partial charge in [0, 0.05) is 10.0 Å². The third-order valence-electron chi connectivity index (χ3n) is 5.15. The van der Waals surface area contributed by atoms with Crippen molar-refractivity contribution in [3.63, 3.8) is 0 Å². The van der Waals surface area contributed by atoms with Gasteiger partial charge in [-0.05, 0) is 37.6 Å². The molecule has 160 valence electrons. The second-order valence-electron chi connectivity index (χ2n) is 7.37. The maximum atomic E-state index is 12.6. The van der Waals surface area contributed by atoms with Crippen LogP contribution in [-0.4, -0.2) is 34.4 Å². The number of hydrogen-bond donors (Lipinski definition) is 1. The van der Waals surface area contributed by atoms with E-state index in [-0.39, 0.29) is 18.9 Å². The number of benzene rings is 2. The van der Waals surface area contributed by atoms with Crippen LogP contribution in [0.3, 0.4) is 0 Å². The van der Waals surface area contributed by atoms with Gasteiger partial charge >= 0.3 is 11.9 Å². The Morgan fingerprint density at radius 2 is 1.84 bits per heavy atom. The van der Waals surface area contributed by atoms with Gasteiger partial charge in [0.05, 0.1) is 12.3 Å². The number of carbonyl (C=O) groups excluding carboxylic acids is 2. The Bertz CT molecular complexity index is 1100. The summed E-state index contributed by atoms with van der Waals surface area (Å²) < 4.78 is 13.1. The Morgan fingerprint density at radius 3 is 2.52 bits per heavy atom. The third-order valence-corrected chi connectivity index (χ3v) is 5.68. The number of ether oxygens (including phenoxy) is 2. The standard InChI is InChI=1S/C23H22BrN3O4/c1-3-30-21(28)19-13-18(16-9-11-17(24)12-10-16)26-27(19)23(2)20(25-23)22(29)31-14-15-7-5-4-6-8-15/h4-13,20,25H,3,14H2,1-2H3/t20-,23-/m1/s1. The minimum absolute atomic E-state index is 0.182. The normalized spacial score (nSPS) is 19.6. The molecule has 0 unspecified atom stereocenters. The average molecular weight is 484 g/mol. The summed E-state index contributed by atoms with van der Waals surface area (Å²) in [7, 11) is 0. The Balaban J connectivity index is 1.58. The van der Waals surface area contributed by atoms with Crippen LogP contribution >= 0.6 is 15.9 Å². The lowest BCUT2D eigenvalue weighted by atomic mass is 10.1. The minimum Gasteiger partial charge on any atom is -0.461 e. The highest BCUT2D eigenvalue weighted by Crippen LogP contribution is 2.35. The van der Waals surface area contributed by atoms with Crippen molar-refractivity contribution in [2.45, 2.75) is 32.2 Å². The van der Waals surface area contributed by atoms with E-state index in [0.717, 1.165) is 15.6 Å². The van der Waals surface area contributed by atoms with Crippen molar-refractivity contribution in [2.24, 2.45) is 0 Å². The van der Waals surface area contributed by atoms with Crippen LogP contribution in [0.5, 0.6) is 0 Å². The molecular formula is C23H22BrN3O4. The zero-order valence-electron chi connectivity index (χ0n) is 17.2. The molecule has 1 aliphatic rings. The molecule has 0 saturated carbocycles. The monoisotopic (exact) mass is 483 g/mol. The van der Waals surface area contributed by atoms with Gasteiger partial charge in [-0.25, -0.2) is 9.48 Å². The van der Waals surface area contributed by atoms with Crippen LogP contribution in [0.2, 0.25) is 0 Å². The van der Waals surface area contributed by atoms with Crippen molar-refractivity contribution in [2.75, 3.05) is 6.61 Å². The van der Waals surface area contributed by atoms with Crippen LogP contribution < -0.4 is 5.32 Å². The maximum Gasteiger partial charge on any atom is 0.356 e. The Kier molecular flexibility index (Phi) is 5.93. The molecule has 1 fully saturated rings. The van der Waals surface area contributed by atoms with E-state index in [1.807, 2.05) is 61.5 Å². The zero-order chi connectivity index (χ0) is 22.0. The van der Waals surface area contributed by atoms with Crippen LogP contribution in [-0.2, 0) is 26.5 Å². The zero-order valence-corrected chi connectivity index (χ0v) is 18.8. The lowest BCUT2D eigenvalue weighted by Gasteiger charge is -2.13. The van der Waals surface area contributed by atoms with Crippen molar-refractivity contribution >= 4 is 27.9 Å². The molecule has 1 saturated heterocycles. The van der Waals surface area contributed by atoms with E-state index in [0.29, 0.717) is 5.69 Å². The van der Waals surface area contributed by atoms with Crippen LogP contribution in [0.15, 0.2) is 65.1 Å². The van der Waals surface area contributed by atoms with E-state index < -0.39 is 23.6 Å². The third kappa shape index (κ3) is 4.40. The van der Waals surface area contributed by atoms with Gasteiger partial charge in [-0.1, -0.05) is 58.4 Å². The van der Waals surface area contributed by atoms with Gasteiger partial charge < -0.3 is 9.47 Å². The van der Waals surface area contributed by atoms with Crippen LogP contribution in [0.25, 0.3) is 11.3 Å². The fraction of sp³-hybridized carbons (Fsp3) is 0.261. The van der Waals surface area contributed by atoms with Gasteiger partial charge in [-0.3, -0.25) is 10.1 Å². The number of carbonyl (C=O) groups is 2. The second kappa shape index (κ2) is 8.64. The quantitative estimate of drug-likeness (QED) is 0.404. The number of hydrogen-bond acceptors (Lipinski definition) is 6. The van der Waals surface area contributed by atoms with Gasteiger partial charge in [0.2, 0.25) is 0 Å². The van der Waals surface area contributed by atoms with Crippen molar-refractivity contribution < 1.29 is 19.1 Å². The number of esters is 2. The summed E-state index contributed by atoms with van der Waals surface area (Å²) >= 11 is 3.42. The van der Waals surface area contributed by atoms with Gasteiger partial charge in [0.15, 0.2) is 0 Å². The molecule has 2 aromatic carbocycles. The molecule has 0 radical (unpaired) electrons. The molecule has 8 heteroatoms. The topological polar surface area (TPSA) is 92.4 Å². The molecular weight excluding hydrogens is 462 g/mol. The first-order valence-corrected chi connectivity index (χ1v) is 10.7. The molecule has 31 heavy (non-hydrogen) atoms. The number of rotatable bonds is 7. The summed E-state index contributed by atoms with van der Waals surface area (Å²) in [6.07, 6.45) is 0. The van der Waals surface area contributed by atoms with E-state index >= 15 is 0 Å². The molecule has 2 heterocycles. The minimum atomic E-state index is -0.885. The molecule has 1 N–H and O–H groups in total. The van der Waals surface area contributed by atoms with Gasteiger partial charge in [-0.15, -0.1) is 0 Å². The number of nitrogens with one attached hydrogen (secondary N) is 1. The Labute approximate surface area is 188 Å². The maximum absolute atomic E-state index is 12.6. The SMILES string of the molecule is CCOC(=O)c1cc(-c2ccc(Br)cc2)nn1[C@@]1(C)N[C@@H]1C(=O)OCc1ccccc1. The highest BCUT2D eigenvalue weighted by atomic mass is 79.9. The largest absolute Gasteiger partial charge is 0.461 e. The Hall–Kier alpha value is -2.97. The predicted molar refractivity (Wildman–Crippen MR) is 118 cm³/mol. The summed E-state index contributed by atoms with van der Waals surface area (Å²) in [5, 5.41) is 7.75. The van der Waals surface area contributed by atoms with E-state index in [1.165, 1.54) is 4.68 Å². The first-order chi connectivity index (χ1) is 14.9. The molecule has 0 amide bonds. The highest BCUT2D eigenvalue weighted by molar-refractivity contribution is 9.10. The molecule has 2 atom stereocenters. The summed E-state index contributed by atoms with van der Waals surface area (Å²) in [4.78, 5) is 25.2. The first-order valence-electron chi connectivity index (χ1n) is 9.94. The number of halogens is 1. The second-order valence-corrected chi connectivity index (χ2v) is 8.29. The average Bonchev–Trinajstić information content (AvgIpc) is 3.26. The number of aromatic nitrogens is 2. The van der Waals surface area contributed by atoms with E-state index in [4.69, 9.17) is 9.47 Å². The van der Waals surface area contributed by atoms with Crippen LogP contribution in [0.4, 0.5) is 0 Å². The van der Waals surface area contributed by atoms with E-state index in [2.05, 4.69) is 26.3 Å². The molecule has 1 aromatic heterocycles. The van der Waals surface area contributed by atoms with Gasteiger partial charge in [0.1, 0.15) is 24.0 Å². The van der Waals surface area contributed by atoms with Crippen molar-refractivity contribution in [1.29, 1.82) is 0 Å². The fourth-order valence-corrected chi connectivity index (χ4v) is 3.65. The molecule has 7 nitrogen and oxygen atoms in total. The highest BCUT2D eigenvalue weighted by Gasteiger charge is 2.59. The fourth-order valence-electron chi connectivity index (χ4n) is 3.38.